The Balaban J connectivity index is 2.09. The molecule has 0 heterocycles. The number of carboxylic acids is 1. The zero-order valence-electron chi connectivity index (χ0n) is 15.0. The number of amides is 1. The van der Waals surface area contributed by atoms with Crippen molar-refractivity contribution in [3.05, 3.63) is 60.2 Å². The summed E-state index contributed by atoms with van der Waals surface area (Å²) in [4.78, 5) is 23.1. The lowest BCUT2D eigenvalue weighted by Crippen LogP contribution is -2.49. The van der Waals surface area contributed by atoms with Crippen molar-refractivity contribution >= 4 is 12.1 Å². The largest absolute Gasteiger partial charge is 0.480 e. The second kappa shape index (κ2) is 8.01. The summed E-state index contributed by atoms with van der Waals surface area (Å²) in [5.74, 6) is -1.33. The van der Waals surface area contributed by atoms with E-state index >= 15 is 0 Å². The lowest BCUT2D eigenvalue weighted by molar-refractivity contribution is -0.142. The Morgan fingerprint density at radius 3 is 2.04 bits per heavy atom. The number of alkyl carbamates (subject to hydrolysis) is 1. The van der Waals surface area contributed by atoms with Crippen LogP contribution in [0.3, 0.4) is 0 Å². The summed E-state index contributed by atoms with van der Waals surface area (Å²) in [6.07, 6.45) is -2.15. The standard InChI is InChI=1S/C20H23NO5/c1-13(22)17(18(23)24)21-19(25)26-20(2,3)16-11-9-15(10-12-16)14-7-5-4-6-8-14/h4-13,17,22H,1-3H3,(H,21,25)(H,23,24)/t13-,17+/m1/s1. The van der Waals surface area contributed by atoms with Gasteiger partial charge in [0.25, 0.3) is 0 Å². The van der Waals surface area contributed by atoms with Gasteiger partial charge < -0.3 is 20.3 Å². The minimum absolute atomic E-state index is 0.760. The number of benzene rings is 2. The van der Waals surface area contributed by atoms with E-state index in [1.54, 1.807) is 13.8 Å². The van der Waals surface area contributed by atoms with Gasteiger partial charge in [0, 0.05) is 0 Å². The summed E-state index contributed by atoms with van der Waals surface area (Å²) in [6, 6.07) is 16.0. The predicted molar refractivity (Wildman–Crippen MR) is 97.6 cm³/mol. The van der Waals surface area contributed by atoms with Crippen molar-refractivity contribution in [3.8, 4) is 11.1 Å². The molecular weight excluding hydrogens is 334 g/mol. The van der Waals surface area contributed by atoms with E-state index in [4.69, 9.17) is 9.84 Å². The number of hydrogen-bond donors (Lipinski definition) is 3. The lowest BCUT2D eigenvalue weighted by Gasteiger charge is -2.27. The second-order valence-electron chi connectivity index (χ2n) is 6.54. The Labute approximate surface area is 152 Å². The van der Waals surface area contributed by atoms with E-state index in [2.05, 4.69) is 5.32 Å². The van der Waals surface area contributed by atoms with Crippen LogP contribution in [-0.4, -0.2) is 34.4 Å². The quantitative estimate of drug-likeness (QED) is 0.738. The number of aliphatic hydroxyl groups excluding tert-OH is 1. The molecule has 2 aromatic carbocycles. The summed E-state index contributed by atoms with van der Waals surface area (Å²) in [6.45, 7) is 4.71. The van der Waals surface area contributed by atoms with Crippen molar-refractivity contribution in [1.82, 2.24) is 5.32 Å². The molecule has 138 valence electrons. The molecule has 0 aromatic heterocycles. The molecule has 6 nitrogen and oxygen atoms in total. The highest BCUT2D eigenvalue weighted by atomic mass is 16.6. The van der Waals surface area contributed by atoms with Gasteiger partial charge in [0.2, 0.25) is 0 Å². The highest BCUT2D eigenvalue weighted by molar-refractivity contribution is 5.80. The molecule has 2 aromatic rings. The van der Waals surface area contributed by atoms with Crippen LogP contribution in [-0.2, 0) is 15.1 Å². The number of rotatable bonds is 6. The summed E-state index contributed by atoms with van der Waals surface area (Å²) in [7, 11) is 0. The van der Waals surface area contributed by atoms with Gasteiger partial charge in [-0.25, -0.2) is 9.59 Å². The summed E-state index contributed by atoms with van der Waals surface area (Å²) < 4.78 is 5.38. The number of carbonyl (C=O) groups is 2. The Hall–Kier alpha value is -2.86. The van der Waals surface area contributed by atoms with Crippen LogP contribution in [0.15, 0.2) is 54.6 Å². The molecule has 0 aliphatic rings. The van der Waals surface area contributed by atoms with E-state index < -0.39 is 29.8 Å². The average molecular weight is 357 g/mol. The first-order chi connectivity index (χ1) is 12.2. The van der Waals surface area contributed by atoms with E-state index in [0.717, 1.165) is 16.7 Å². The van der Waals surface area contributed by atoms with Gasteiger partial charge in [0.05, 0.1) is 6.10 Å². The molecule has 0 saturated carbocycles. The zero-order chi connectivity index (χ0) is 19.3. The molecule has 3 N–H and O–H groups in total. The van der Waals surface area contributed by atoms with E-state index in [0.29, 0.717) is 0 Å². The minimum atomic E-state index is -1.43. The SMILES string of the molecule is C[C@@H](O)[C@H](NC(=O)OC(C)(C)c1ccc(-c2ccccc2)cc1)C(=O)O. The normalized spacial score (nSPS) is 13.5. The van der Waals surface area contributed by atoms with Gasteiger partial charge in [-0.15, -0.1) is 0 Å². The number of carbonyl (C=O) groups excluding carboxylic acids is 1. The third-order valence-corrected chi connectivity index (χ3v) is 4.06. The Bertz CT molecular complexity index is 754. The number of aliphatic hydroxyl groups is 1. The van der Waals surface area contributed by atoms with Gasteiger partial charge in [-0.1, -0.05) is 54.6 Å². The van der Waals surface area contributed by atoms with Crippen LogP contribution in [0.5, 0.6) is 0 Å². The molecular formula is C20H23NO5. The molecule has 2 atom stereocenters. The van der Waals surface area contributed by atoms with Crippen LogP contribution in [0.4, 0.5) is 4.79 Å². The van der Waals surface area contributed by atoms with Crippen LogP contribution in [0.25, 0.3) is 11.1 Å². The fourth-order valence-corrected chi connectivity index (χ4v) is 2.53. The van der Waals surface area contributed by atoms with E-state index in [9.17, 15) is 14.7 Å². The van der Waals surface area contributed by atoms with Crippen molar-refractivity contribution in [2.45, 2.75) is 38.5 Å². The van der Waals surface area contributed by atoms with Crippen molar-refractivity contribution in [1.29, 1.82) is 0 Å². The van der Waals surface area contributed by atoms with E-state index in [1.165, 1.54) is 6.92 Å². The molecule has 26 heavy (non-hydrogen) atoms. The lowest BCUT2D eigenvalue weighted by atomic mass is 9.95. The highest BCUT2D eigenvalue weighted by Crippen LogP contribution is 2.27. The van der Waals surface area contributed by atoms with Gasteiger partial charge in [-0.2, -0.15) is 0 Å². The molecule has 0 unspecified atom stereocenters. The first-order valence-electron chi connectivity index (χ1n) is 8.27. The maximum atomic E-state index is 12.0. The summed E-state index contributed by atoms with van der Waals surface area (Å²) >= 11 is 0. The second-order valence-corrected chi connectivity index (χ2v) is 6.54. The third-order valence-electron chi connectivity index (χ3n) is 4.06. The van der Waals surface area contributed by atoms with Crippen molar-refractivity contribution in [2.75, 3.05) is 0 Å². The monoisotopic (exact) mass is 357 g/mol. The first-order valence-corrected chi connectivity index (χ1v) is 8.27. The van der Waals surface area contributed by atoms with Gasteiger partial charge in [-0.3, -0.25) is 0 Å². The Morgan fingerprint density at radius 2 is 1.54 bits per heavy atom. The van der Waals surface area contributed by atoms with Crippen LogP contribution in [0.1, 0.15) is 26.3 Å². The molecule has 0 aliphatic carbocycles. The average Bonchev–Trinajstić information content (AvgIpc) is 2.59. The topological polar surface area (TPSA) is 95.9 Å². The van der Waals surface area contributed by atoms with Crippen LogP contribution in [0.2, 0.25) is 0 Å². The van der Waals surface area contributed by atoms with Crippen LogP contribution >= 0.6 is 0 Å². The van der Waals surface area contributed by atoms with Crippen LogP contribution in [0, 0.1) is 0 Å². The van der Waals surface area contributed by atoms with Crippen molar-refractivity contribution in [3.63, 3.8) is 0 Å². The fraction of sp³-hybridized carbons (Fsp3) is 0.300. The zero-order valence-corrected chi connectivity index (χ0v) is 15.0. The highest BCUT2D eigenvalue weighted by Gasteiger charge is 2.30. The van der Waals surface area contributed by atoms with Crippen molar-refractivity contribution in [2.24, 2.45) is 0 Å². The molecule has 0 spiro atoms. The first kappa shape index (κ1) is 19.5. The molecule has 1 amide bonds. The van der Waals surface area contributed by atoms with Gasteiger partial charge >= 0.3 is 12.1 Å². The number of carboxylic acid groups (broad SMARTS) is 1. The maximum absolute atomic E-state index is 12.0. The molecule has 2 rings (SSSR count). The summed E-state index contributed by atoms with van der Waals surface area (Å²) in [5, 5.41) is 20.6. The Morgan fingerprint density at radius 1 is 1.00 bits per heavy atom. The number of nitrogens with one attached hydrogen (secondary N) is 1. The van der Waals surface area contributed by atoms with E-state index in [1.807, 2.05) is 54.6 Å². The molecule has 0 aliphatic heterocycles. The molecule has 0 radical (unpaired) electrons. The maximum Gasteiger partial charge on any atom is 0.408 e. The Kier molecular flexibility index (Phi) is 6.00. The molecule has 0 bridgehead atoms. The number of ether oxygens (including phenoxy) is 1. The van der Waals surface area contributed by atoms with Crippen molar-refractivity contribution < 1.29 is 24.5 Å². The summed E-state index contributed by atoms with van der Waals surface area (Å²) in [5.41, 5.74) is 1.91. The number of aliphatic carboxylic acids is 1. The molecule has 6 heteroatoms. The predicted octanol–water partition coefficient (Wildman–Crippen LogP) is 3.15. The molecule has 0 fully saturated rings. The molecule has 0 saturated heterocycles. The minimum Gasteiger partial charge on any atom is -0.480 e. The van der Waals surface area contributed by atoms with Gasteiger partial charge in [0.1, 0.15) is 5.60 Å². The van der Waals surface area contributed by atoms with Gasteiger partial charge in [0.15, 0.2) is 6.04 Å². The number of hydrogen-bond acceptors (Lipinski definition) is 4. The smallest absolute Gasteiger partial charge is 0.408 e. The van der Waals surface area contributed by atoms with E-state index in [-0.39, 0.29) is 0 Å². The van der Waals surface area contributed by atoms with Crippen LogP contribution < -0.4 is 5.32 Å². The third kappa shape index (κ3) is 4.83. The van der Waals surface area contributed by atoms with Gasteiger partial charge in [-0.05, 0) is 37.5 Å². The fourth-order valence-electron chi connectivity index (χ4n) is 2.53.